The molecule has 2 N–H and O–H groups in total. The van der Waals surface area contributed by atoms with Crippen molar-refractivity contribution in [3.8, 4) is 0 Å². The van der Waals surface area contributed by atoms with E-state index in [1.54, 1.807) is 18.5 Å². The smallest absolute Gasteiger partial charge is 0.407 e. The van der Waals surface area contributed by atoms with Crippen LogP contribution in [0.25, 0.3) is 0 Å². The van der Waals surface area contributed by atoms with Crippen LogP contribution in [0.4, 0.5) is 13.6 Å². The fourth-order valence-electron chi connectivity index (χ4n) is 8.42. The third kappa shape index (κ3) is 5.11. The maximum atomic E-state index is 17.1. The second-order valence-corrected chi connectivity index (χ2v) is 13.8. The fourth-order valence-corrected chi connectivity index (χ4v) is 8.72. The van der Waals surface area contributed by atoms with E-state index in [9.17, 15) is 9.18 Å². The highest BCUT2D eigenvalue weighted by Gasteiger charge is 2.51. The lowest BCUT2D eigenvalue weighted by molar-refractivity contribution is 0.102. The molecule has 0 saturated carbocycles. The Morgan fingerprint density at radius 3 is 3.04 bits per heavy atom. The number of ether oxygens (including phenoxy) is 2. The lowest BCUT2D eigenvalue weighted by Gasteiger charge is -2.38. The fraction of sp³-hybridized carbons (Fsp3) is 0.594. The van der Waals surface area contributed by atoms with E-state index < -0.39 is 41.6 Å². The third-order valence-corrected chi connectivity index (χ3v) is 10.9. The van der Waals surface area contributed by atoms with Gasteiger partial charge in [-0.15, -0.1) is 0 Å². The molecule has 244 valence electrons. The SMILES string of the molecule is C[C@@H]1C[C@@H]2CN1C1N=C(OC[C@@]34CCCN3C[C@H](F)C4)N=C3C(F)=C(N=CC31)C1C(=C(Cl)C=C3NN=CC31)/C=C\CCOC(=O)N2. The van der Waals surface area contributed by atoms with Crippen molar-refractivity contribution >= 4 is 41.9 Å². The molecule has 9 atom stereocenters. The lowest BCUT2D eigenvalue weighted by Crippen LogP contribution is -2.50. The number of carbonyl (C=O) groups is 1. The molecular weight excluding hydrogens is 618 g/mol. The molecule has 0 aromatic carbocycles. The van der Waals surface area contributed by atoms with Crippen molar-refractivity contribution in [2.24, 2.45) is 37.8 Å². The quantitative estimate of drug-likeness (QED) is 0.466. The molecule has 0 radical (unpaired) electrons. The average Bonchev–Trinajstić information content (AvgIpc) is 3.79. The first-order valence-corrected chi connectivity index (χ1v) is 16.6. The van der Waals surface area contributed by atoms with Crippen LogP contribution in [-0.2, 0) is 9.47 Å². The zero-order valence-corrected chi connectivity index (χ0v) is 26.3. The van der Waals surface area contributed by atoms with Crippen LogP contribution >= 0.6 is 11.6 Å². The van der Waals surface area contributed by atoms with Crippen molar-refractivity contribution in [1.29, 1.82) is 0 Å². The second kappa shape index (κ2) is 11.7. The van der Waals surface area contributed by atoms with E-state index in [1.807, 2.05) is 12.2 Å². The Bertz CT molecular complexity index is 1570. The van der Waals surface area contributed by atoms with Crippen LogP contribution < -0.4 is 10.7 Å². The van der Waals surface area contributed by atoms with Crippen molar-refractivity contribution in [3.05, 3.63) is 46.1 Å². The van der Waals surface area contributed by atoms with E-state index in [-0.39, 0.29) is 48.6 Å². The Hall–Kier alpha value is -3.42. The minimum absolute atomic E-state index is 0.00880. The number of amides is 1. The number of hydrogen-bond acceptors (Lipinski definition) is 10. The van der Waals surface area contributed by atoms with E-state index in [2.05, 4.69) is 32.6 Å². The van der Waals surface area contributed by atoms with Crippen LogP contribution in [0.15, 0.2) is 66.1 Å². The number of amidine groups is 1. The molecule has 8 heterocycles. The molecule has 46 heavy (non-hydrogen) atoms. The second-order valence-electron chi connectivity index (χ2n) is 13.4. The van der Waals surface area contributed by atoms with Gasteiger partial charge in [0.2, 0.25) is 0 Å². The summed E-state index contributed by atoms with van der Waals surface area (Å²) >= 11 is 6.78. The summed E-state index contributed by atoms with van der Waals surface area (Å²) in [5.74, 6) is -2.02. The molecule has 9 aliphatic rings. The van der Waals surface area contributed by atoms with Crippen LogP contribution in [0.3, 0.4) is 0 Å². The predicted octanol–water partition coefficient (Wildman–Crippen LogP) is 3.96. The first kappa shape index (κ1) is 29.9. The van der Waals surface area contributed by atoms with E-state index in [4.69, 9.17) is 36.1 Å². The van der Waals surface area contributed by atoms with Crippen molar-refractivity contribution in [2.45, 2.75) is 69.0 Å². The number of fused-ring (bicyclic) bond motifs is 7. The standard InChI is InChI=1S/C32H37ClF2N8O3/c1-17-9-19-15-43(17)29-22-12-36-28(25-20(5-2-3-8-45-31(44)38-19)23(33)10-24-21(25)13-37-41-24)26(35)27(22)39-30(40-29)46-16-32-6-4-7-42(32)14-18(34)11-32/h2,5,10,12-13,17-19,21-22,25,29,41H,3-4,6-9,11,14-16H2,1H3,(H,38,44)/b5-2-/t17-,18-,19-,21?,22?,25?,29?,32+/m1/s1. The number of nitrogens with one attached hydrogen (secondary N) is 2. The number of hydrogen-bond donors (Lipinski definition) is 2. The summed E-state index contributed by atoms with van der Waals surface area (Å²) in [6.45, 7) is 4.19. The number of allylic oxidation sites excluding steroid dienone is 6. The number of carbonyl (C=O) groups excluding carboxylic acids is 1. The molecule has 14 heteroatoms. The Labute approximate surface area is 270 Å². The van der Waals surface area contributed by atoms with E-state index in [0.717, 1.165) is 25.1 Å². The number of nitrogens with zero attached hydrogens (tertiary/aromatic N) is 6. The molecule has 9 rings (SSSR count). The highest BCUT2D eigenvalue weighted by molar-refractivity contribution is 6.32. The maximum Gasteiger partial charge on any atom is 0.407 e. The average molecular weight is 655 g/mol. The first-order chi connectivity index (χ1) is 22.3. The zero-order chi connectivity index (χ0) is 31.6. The summed E-state index contributed by atoms with van der Waals surface area (Å²) in [6.07, 6.45) is 10.4. The normalized spacial score (nSPS) is 40.7. The number of aliphatic imine (C=N–C) groups is 3. The van der Waals surface area contributed by atoms with E-state index >= 15 is 4.39 Å². The summed E-state index contributed by atoms with van der Waals surface area (Å²) in [6, 6.07) is -0.0921. The lowest BCUT2D eigenvalue weighted by atomic mass is 9.77. The van der Waals surface area contributed by atoms with Crippen LogP contribution in [0.5, 0.6) is 0 Å². The van der Waals surface area contributed by atoms with E-state index in [1.165, 1.54) is 0 Å². The van der Waals surface area contributed by atoms with Crippen molar-refractivity contribution in [3.63, 3.8) is 0 Å². The molecule has 6 bridgehead atoms. The molecule has 1 aliphatic carbocycles. The molecule has 0 aromatic heterocycles. The Morgan fingerprint density at radius 1 is 1.26 bits per heavy atom. The highest BCUT2D eigenvalue weighted by atomic mass is 35.5. The van der Waals surface area contributed by atoms with Gasteiger partial charge in [-0.05, 0) is 50.8 Å². The molecule has 3 fully saturated rings. The van der Waals surface area contributed by atoms with Crippen LogP contribution in [0.1, 0.15) is 39.0 Å². The molecule has 5 unspecified atom stereocenters. The Morgan fingerprint density at radius 2 is 2.15 bits per heavy atom. The first-order valence-electron chi connectivity index (χ1n) is 16.2. The number of halogens is 3. The van der Waals surface area contributed by atoms with Gasteiger partial charge < -0.3 is 14.8 Å². The van der Waals surface area contributed by atoms with Gasteiger partial charge in [0.25, 0.3) is 0 Å². The summed E-state index contributed by atoms with van der Waals surface area (Å²) < 4.78 is 43.3. The minimum atomic E-state index is -0.901. The Balaban J connectivity index is 1.20. The van der Waals surface area contributed by atoms with Gasteiger partial charge in [-0.1, -0.05) is 23.8 Å². The monoisotopic (exact) mass is 654 g/mol. The topological polar surface area (TPSA) is 116 Å². The maximum absolute atomic E-state index is 17.1. The summed E-state index contributed by atoms with van der Waals surface area (Å²) in [4.78, 5) is 31.4. The van der Waals surface area contributed by atoms with Crippen LogP contribution in [0.2, 0.25) is 0 Å². The largest absolute Gasteiger partial charge is 0.462 e. The van der Waals surface area contributed by atoms with Gasteiger partial charge in [0.15, 0.2) is 5.83 Å². The molecule has 8 aliphatic heterocycles. The highest BCUT2D eigenvalue weighted by Crippen LogP contribution is 2.45. The van der Waals surface area contributed by atoms with Gasteiger partial charge in [-0.2, -0.15) is 10.1 Å². The summed E-state index contributed by atoms with van der Waals surface area (Å²) in [7, 11) is 0. The Kier molecular flexibility index (Phi) is 7.60. The summed E-state index contributed by atoms with van der Waals surface area (Å²) in [5.41, 5.74) is 4.41. The van der Waals surface area contributed by atoms with Crippen molar-refractivity contribution in [2.75, 3.05) is 32.8 Å². The van der Waals surface area contributed by atoms with Crippen LogP contribution in [0, 0.1) is 17.8 Å². The predicted molar refractivity (Wildman–Crippen MR) is 170 cm³/mol. The summed E-state index contributed by atoms with van der Waals surface area (Å²) in [5, 5.41) is 7.66. The zero-order valence-electron chi connectivity index (χ0n) is 25.5. The number of hydrazone groups is 1. The van der Waals surface area contributed by atoms with E-state index in [0.29, 0.717) is 43.0 Å². The molecule has 11 nitrogen and oxygen atoms in total. The molecule has 0 spiro atoms. The van der Waals surface area contributed by atoms with Gasteiger partial charge in [-0.3, -0.25) is 20.2 Å². The number of alkyl carbamates (subject to hydrolysis) is 1. The number of rotatable bonds is 2. The minimum Gasteiger partial charge on any atom is -0.462 e. The van der Waals surface area contributed by atoms with Crippen molar-refractivity contribution < 1.29 is 23.0 Å². The van der Waals surface area contributed by atoms with Gasteiger partial charge in [-0.25, -0.2) is 18.6 Å². The van der Waals surface area contributed by atoms with Gasteiger partial charge >= 0.3 is 12.1 Å². The molecule has 1 amide bonds. The molecular formula is C32H37ClF2N8O3. The van der Waals surface area contributed by atoms with Gasteiger partial charge in [0, 0.05) is 60.7 Å². The van der Waals surface area contributed by atoms with Gasteiger partial charge in [0.1, 0.15) is 18.9 Å². The number of alkyl halides is 1. The molecule has 3 saturated heterocycles. The van der Waals surface area contributed by atoms with Crippen molar-refractivity contribution in [1.82, 2.24) is 20.5 Å². The molecule has 0 aromatic rings. The van der Waals surface area contributed by atoms with Crippen LogP contribution in [-0.4, -0.2) is 103 Å². The third-order valence-electron chi connectivity index (χ3n) is 10.6. The van der Waals surface area contributed by atoms with Gasteiger partial charge in [0.05, 0.1) is 35.4 Å².